The maximum Gasteiger partial charge on any atom is 0.416 e. The molecule has 2 unspecified atom stereocenters. The number of amides is 1. The predicted molar refractivity (Wildman–Crippen MR) is 81.2 cm³/mol. The Labute approximate surface area is 142 Å². The quantitative estimate of drug-likeness (QED) is 0.699. The Kier molecular flexibility index (Phi) is 6.78. The average molecular weight is 367 g/mol. The molecule has 0 bridgehead atoms. The van der Waals surface area contributed by atoms with Crippen LogP contribution in [0.2, 0.25) is 0 Å². The summed E-state index contributed by atoms with van der Waals surface area (Å²) in [7, 11) is 0. The molecule has 0 saturated carbocycles. The number of hydrogen-bond acceptors (Lipinski definition) is 4. The van der Waals surface area contributed by atoms with Crippen molar-refractivity contribution >= 4 is 6.09 Å². The molecular formula is C16H21F4NO4. The largest absolute Gasteiger partial charge is 0.444 e. The van der Waals surface area contributed by atoms with Gasteiger partial charge in [-0.2, -0.15) is 13.2 Å². The summed E-state index contributed by atoms with van der Waals surface area (Å²) in [4.78, 5) is 11.4. The molecule has 1 aromatic rings. The van der Waals surface area contributed by atoms with E-state index in [9.17, 15) is 32.6 Å². The lowest BCUT2D eigenvalue weighted by Crippen LogP contribution is -2.34. The number of nitrogens with one attached hydrogen (secondary N) is 1. The summed E-state index contributed by atoms with van der Waals surface area (Å²) in [6, 6.07) is 1.58. The van der Waals surface area contributed by atoms with Gasteiger partial charge in [0.15, 0.2) is 0 Å². The molecule has 0 fully saturated rings. The smallest absolute Gasteiger partial charge is 0.416 e. The zero-order chi connectivity index (χ0) is 19.4. The first-order chi connectivity index (χ1) is 11.3. The molecule has 5 nitrogen and oxygen atoms in total. The third kappa shape index (κ3) is 7.27. The van der Waals surface area contributed by atoms with Crippen molar-refractivity contribution in [2.75, 3.05) is 6.54 Å². The molecule has 0 aliphatic carbocycles. The minimum atomic E-state index is -4.78. The van der Waals surface area contributed by atoms with Crippen molar-refractivity contribution < 1.29 is 37.3 Å². The van der Waals surface area contributed by atoms with Crippen molar-refractivity contribution in [3.63, 3.8) is 0 Å². The van der Waals surface area contributed by atoms with E-state index in [2.05, 4.69) is 5.32 Å². The van der Waals surface area contributed by atoms with E-state index in [1.165, 1.54) is 0 Å². The van der Waals surface area contributed by atoms with Gasteiger partial charge in [-0.25, -0.2) is 9.18 Å². The van der Waals surface area contributed by atoms with Crippen molar-refractivity contribution in [2.24, 2.45) is 0 Å². The Morgan fingerprint density at radius 3 is 2.32 bits per heavy atom. The molecule has 1 aromatic carbocycles. The number of benzene rings is 1. The highest BCUT2D eigenvalue weighted by molar-refractivity contribution is 5.67. The maximum absolute atomic E-state index is 13.3. The van der Waals surface area contributed by atoms with E-state index in [1.807, 2.05) is 0 Å². The summed E-state index contributed by atoms with van der Waals surface area (Å²) in [5.74, 6) is -1.18. The molecule has 0 aromatic heterocycles. The molecule has 0 aliphatic heterocycles. The van der Waals surface area contributed by atoms with E-state index in [-0.39, 0.29) is 13.0 Å². The van der Waals surface area contributed by atoms with Gasteiger partial charge in [0, 0.05) is 6.54 Å². The van der Waals surface area contributed by atoms with Crippen molar-refractivity contribution in [3.8, 4) is 0 Å². The van der Waals surface area contributed by atoms with Crippen LogP contribution in [0.15, 0.2) is 18.2 Å². The number of aliphatic hydroxyl groups excluding tert-OH is 2. The number of carbonyl (C=O) groups excluding carboxylic acids is 1. The number of aliphatic hydroxyl groups is 2. The zero-order valence-corrected chi connectivity index (χ0v) is 14.0. The second kappa shape index (κ2) is 8.01. The second-order valence-electron chi connectivity index (χ2n) is 6.50. The first kappa shape index (κ1) is 21.2. The summed E-state index contributed by atoms with van der Waals surface area (Å²) in [6.07, 6.45) is -8.92. The Hall–Kier alpha value is -1.87. The fourth-order valence-electron chi connectivity index (χ4n) is 1.96. The molecule has 25 heavy (non-hydrogen) atoms. The van der Waals surface area contributed by atoms with Gasteiger partial charge in [-0.3, -0.25) is 0 Å². The molecule has 0 saturated heterocycles. The summed E-state index contributed by atoms with van der Waals surface area (Å²) in [5.41, 5.74) is -2.38. The topological polar surface area (TPSA) is 78.8 Å². The average Bonchev–Trinajstić information content (AvgIpc) is 2.42. The number of alkyl carbamates (subject to hydrolysis) is 1. The maximum atomic E-state index is 13.3. The summed E-state index contributed by atoms with van der Waals surface area (Å²) in [6.45, 7) is 4.89. The molecule has 3 N–H and O–H groups in total. The Morgan fingerprint density at radius 1 is 1.20 bits per heavy atom. The molecule has 142 valence electrons. The van der Waals surface area contributed by atoms with Gasteiger partial charge < -0.3 is 20.3 Å². The van der Waals surface area contributed by atoms with Gasteiger partial charge in [-0.1, -0.05) is 0 Å². The minimum Gasteiger partial charge on any atom is -0.444 e. The predicted octanol–water partition coefficient (Wildman–Crippen LogP) is 3.15. The molecule has 1 rings (SSSR count). The van der Waals surface area contributed by atoms with E-state index in [0.29, 0.717) is 18.2 Å². The van der Waals surface area contributed by atoms with Crippen molar-refractivity contribution in [1.29, 1.82) is 0 Å². The first-order valence-corrected chi connectivity index (χ1v) is 7.50. The number of hydrogen-bond donors (Lipinski definition) is 3. The van der Waals surface area contributed by atoms with Gasteiger partial charge in [0.2, 0.25) is 0 Å². The van der Waals surface area contributed by atoms with Crippen LogP contribution in [0.3, 0.4) is 0 Å². The van der Waals surface area contributed by atoms with E-state index < -0.39 is 47.0 Å². The van der Waals surface area contributed by atoms with Crippen LogP contribution in [0.4, 0.5) is 22.4 Å². The zero-order valence-electron chi connectivity index (χ0n) is 14.0. The number of ether oxygens (including phenoxy) is 1. The fourth-order valence-corrected chi connectivity index (χ4v) is 1.96. The number of carbonyl (C=O) groups is 1. The lowest BCUT2D eigenvalue weighted by Gasteiger charge is -2.21. The third-order valence-electron chi connectivity index (χ3n) is 3.06. The van der Waals surface area contributed by atoms with Crippen LogP contribution < -0.4 is 5.32 Å². The Balaban J connectivity index is 2.66. The highest BCUT2D eigenvalue weighted by Crippen LogP contribution is 2.32. The van der Waals surface area contributed by atoms with Crippen LogP contribution in [-0.4, -0.2) is 34.6 Å². The highest BCUT2D eigenvalue weighted by Gasteiger charge is 2.32. The van der Waals surface area contributed by atoms with E-state index in [4.69, 9.17) is 4.74 Å². The van der Waals surface area contributed by atoms with Gasteiger partial charge in [0.05, 0.1) is 11.7 Å². The van der Waals surface area contributed by atoms with Gasteiger partial charge in [0.25, 0.3) is 0 Å². The molecule has 9 heteroatoms. The van der Waals surface area contributed by atoms with Crippen LogP contribution in [0, 0.1) is 5.82 Å². The van der Waals surface area contributed by atoms with Crippen LogP contribution in [0.1, 0.15) is 44.4 Å². The van der Waals surface area contributed by atoms with E-state index in [1.54, 1.807) is 20.8 Å². The van der Waals surface area contributed by atoms with Gasteiger partial charge in [0.1, 0.15) is 17.5 Å². The normalized spacial score (nSPS) is 14.8. The second-order valence-corrected chi connectivity index (χ2v) is 6.50. The lowest BCUT2D eigenvalue weighted by atomic mass is 9.99. The Morgan fingerprint density at radius 2 is 1.80 bits per heavy atom. The number of halogens is 4. The molecule has 1 amide bonds. The van der Waals surface area contributed by atoms with Gasteiger partial charge in [-0.05, 0) is 51.0 Å². The lowest BCUT2D eigenvalue weighted by molar-refractivity contribution is -0.138. The van der Waals surface area contributed by atoms with Crippen LogP contribution >= 0.6 is 0 Å². The van der Waals surface area contributed by atoms with Crippen molar-refractivity contribution in [2.45, 2.75) is 51.2 Å². The van der Waals surface area contributed by atoms with Gasteiger partial charge >= 0.3 is 12.3 Å². The molecular weight excluding hydrogens is 346 g/mol. The molecule has 0 radical (unpaired) electrons. The SMILES string of the molecule is CC(C)(C)OC(=O)NCCC(O)C(O)c1cc(F)cc(C(F)(F)F)c1. The minimum absolute atomic E-state index is 0.0887. The molecule has 2 atom stereocenters. The fraction of sp³-hybridized carbons (Fsp3) is 0.562. The Bertz CT molecular complexity index is 599. The highest BCUT2D eigenvalue weighted by atomic mass is 19.4. The van der Waals surface area contributed by atoms with Crippen molar-refractivity contribution in [3.05, 3.63) is 35.1 Å². The van der Waals surface area contributed by atoms with Crippen LogP contribution in [0.25, 0.3) is 0 Å². The molecule has 0 aliphatic rings. The van der Waals surface area contributed by atoms with E-state index >= 15 is 0 Å². The molecule has 0 spiro atoms. The first-order valence-electron chi connectivity index (χ1n) is 7.50. The summed E-state index contributed by atoms with van der Waals surface area (Å²) in [5, 5.41) is 22.1. The third-order valence-corrected chi connectivity index (χ3v) is 3.06. The number of alkyl halides is 3. The summed E-state index contributed by atoms with van der Waals surface area (Å²) >= 11 is 0. The standard InChI is InChI=1S/C16H21F4NO4/c1-15(2,3)25-14(24)21-5-4-12(22)13(23)9-6-10(16(18,19)20)8-11(17)7-9/h6-8,12-13,22-23H,4-5H2,1-3H3,(H,21,24). The molecule has 0 heterocycles. The van der Waals surface area contributed by atoms with E-state index in [0.717, 1.165) is 0 Å². The number of rotatable bonds is 5. The summed E-state index contributed by atoms with van der Waals surface area (Å²) < 4.78 is 56.3. The van der Waals surface area contributed by atoms with Crippen molar-refractivity contribution in [1.82, 2.24) is 5.32 Å². The van der Waals surface area contributed by atoms with Crippen LogP contribution in [-0.2, 0) is 10.9 Å². The van der Waals surface area contributed by atoms with Crippen LogP contribution in [0.5, 0.6) is 0 Å². The van der Waals surface area contributed by atoms with Gasteiger partial charge in [-0.15, -0.1) is 0 Å². The monoisotopic (exact) mass is 367 g/mol.